The van der Waals surface area contributed by atoms with Gasteiger partial charge in [0.2, 0.25) is 0 Å². The van der Waals surface area contributed by atoms with E-state index in [0.29, 0.717) is 4.57 Å². The van der Waals surface area contributed by atoms with Crippen LogP contribution < -0.4 is 16.3 Å². The fourth-order valence-corrected chi connectivity index (χ4v) is 4.53. The summed E-state index contributed by atoms with van der Waals surface area (Å²) < 4.78 is 58.6. The molecular weight excluding hydrogens is 409 g/mol. The lowest BCUT2D eigenvalue weighted by molar-refractivity contribution is -0.149. The average Bonchev–Trinajstić information content (AvgIpc) is 2.88. The average molecular weight is 436 g/mol. The Balaban J connectivity index is 1.93. The Morgan fingerprint density at radius 1 is 1.55 bits per heavy atom. The standard InChI is InChI=1S/C16H24N3O9P/c1-8(2)26-13(21)9(3)18-29(24)25-7-10-12(28-29)16(4,23)14(27-10)19-6-5-11(20)17-15(19)22/h5-6,8-10,12,14,23H,7H2,1-4H3,(H,18,24)(H,17,20,22)/t9-,10+,12+,14+,16+,29?/m0/s1/i5D,7D2. The SMILES string of the molecule is [2H]c1cn([C@@H]2O[C@H]3[C@@H](OP(=O)(N[C@@H](C)C(=O)OC(C)C)OC3([2H])[2H])[C@@]2(C)O)c(=O)[nH]c1=O. The van der Waals surface area contributed by atoms with Crippen molar-refractivity contribution in [2.75, 3.05) is 6.56 Å². The molecule has 2 saturated heterocycles. The number of aromatic nitrogens is 2. The van der Waals surface area contributed by atoms with Crippen molar-refractivity contribution in [2.45, 2.75) is 63.9 Å². The number of ether oxygens (including phenoxy) is 2. The number of H-pyrrole nitrogens is 1. The first-order valence-corrected chi connectivity index (χ1v) is 10.3. The number of nitrogens with zero attached hydrogens (tertiary/aromatic N) is 1. The number of esters is 1. The number of fused-ring (bicyclic) bond motifs is 1. The van der Waals surface area contributed by atoms with Gasteiger partial charge in [0, 0.05) is 12.2 Å². The molecule has 162 valence electrons. The molecule has 0 spiro atoms. The van der Waals surface area contributed by atoms with Crippen LogP contribution in [0.25, 0.3) is 0 Å². The number of aromatic amines is 1. The first kappa shape index (κ1) is 18.0. The van der Waals surface area contributed by atoms with Gasteiger partial charge in [-0.3, -0.25) is 28.2 Å². The summed E-state index contributed by atoms with van der Waals surface area (Å²) in [6, 6.07) is -1.82. The van der Waals surface area contributed by atoms with E-state index in [0.717, 1.165) is 13.1 Å². The Labute approximate surface area is 169 Å². The summed E-state index contributed by atoms with van der Waals surface area (Å²) in [7, 11) is -4.53. The van der Waals surface area contributed by atoms with Crippen molar-refractivity contribution in [3.05, 3.63) is 33.1 Å². The maximum absolute atomic E-state index is 13.2. The van der Waals surface area contributed by atoms with Crippen molar-refractivity contribution < 1.29 is 37.1 Å². The molecule has 13 heteroatoms. The van der Waals surface area contributed by atoms with Gasteiger partial charge >= 0.3 is 19.4 Å². The van der Waals surface area contributed by atoms with Gasteiger partial charge in [0.25, 0.3) is 5.56 Å². The molecule has 12 nitrogen and oxygen atoms in total. The van der Waals surface area contributed by atoms with Crippen molar-refractivity contribution in [2.24, 2.45) is 0 Å². The number of hydrogen-bond donors (Lipinski definition) is 3. The number of carbonyl (C=O) groups excluding carboxylic acids is 1. The molecule has 2 fully saturated rings. The van der Waals surface area contributed by atoms with Crippen LogP contribution in [-0.4, -0.2) is 57.1 Å². The highest BCUT2D eigenvalue weighted by Gasteiger charge is 2.60. The highest BCUT2D eigenvalue weighted by atomic mass is 31.2. The fourth-order valence-electron chi connectivity index (χ4n) is 2.93. The number of nitrogens with one attached hydrogen (secondary N) is 2. The summed E-state index contributed by atoms with van der Waals surface area (Å²) in [5, 5.41) is 13.4. The second kappa shape index (κ2) is 7.78. The Bertz CT molecular complexity index is 1070. The Morgan fingerprint density at radius 2 is 2.24 bits per heavy atom. The molecule has 3 rings (SSSR count). The van der Waals surface area contributed by atoms with Gasteiger partial charge in [-0.1, -0.05) is 0 Å². The second-order valence-electron chi connectivity index (χ2n) is 7.14. The number of aliphatic hydroxyl groups is 1. The third kappa shape index (κ3) is 4.37. The quantitative estimate of drug-likeness (QED) is 0.411. The van der Waals surface area contributed by atoms with Crippen LogP contribution in [0.1, 0.15) is 38.0 Å². The number of rotatable bonds is 5. The van der Waals surface area contributed by atoms with Gasteiger partial charge in [-0.15, -0.1) is 0 Å². The first-order valence-electron chi connectivity index (χ1n) is 10.2. The molecule has 2 aliphatic rings. The maximum Gasteiger partial charge on any atom is 0.406 e. The van der Waals surface area contributed by atoms with E-state index in [-0.39, 0.29) is 0 Å². The van der Waals surface area contributed by atoms with Gasteiger partial charge in [0.1, 0.15) is 23.9 Å². The number of carbonyl (C=O) groups is 1. The fraction of sp³-hybridized carbons (Fsp3) is 0.688. The van der Waals surface area contributed by atoms with Crippen LogP contribution in [0.4, 0.5) is 0 Å². The number of hydrogen-bond acceptors (Lipinski definition) is 9. The van der Waals surface area contributed by atoms with Gasteiger partial charge in [-0.25, -0.2) is 14.4 Å². The lowest BCUT2D eigenvalue weighted by Crippen LogP contribution is -2.50. The Kier molecular flexibility index (Phi) is 4.83. The summed E-state index contributed by atoms with van der Waals surface area (Å²) in [4.78, 5) is 37.6. The summed E-state index contributed by atoms with van der Waals surface area (Å²) >= 11 is 0. The van der Waals surface area contributed by atoms with Crippen LogP contribution in [-0.2, 0) is 27.9 Å². The van der Waals surface area contributed by atoms with Crippen LogP contribution >= 0.6 is 7.75 Å². The van der Waals surface area contributed by atoms with Crippen LogP contribution in [0.2, 0.25) is 0 Å². The molecule has 0 aliphatic carbocycles. The minimum atomic E-state index is -4.53. The summed E-state index contributed by atoms with van der Waals surface area (Å²) in [5.41, 5.74) is -4.16. The third-order valence-electron chi connectivity index (χ3n) is 4.27. The molecule has 1 aromatic rings. The molecule has 3 N–H and O–H groups in total. The Morgan fingerprint density at radius 3 is 2.90 bits per heavy atom. The second-order valence-corrected chi connectivity index (χ2v) is 8.79. The topological polar surface area (TPSA) is 158 Å². The van der Waals surface area contributed by atoms with Crippen LogP contribution in [0.15, 0.2) is 21.8 Å². The molecular formula is C16H24N3O9P. The highest BCUT2D eigenvalue weighted by Crippen LogP contribution is 2.55. The first-order chi connectivity index (χ1) is 14.6. The van der Waals surface area contributed by atoms with Crippen molar-refractivity contribution in [3.8, 4) is 0 Å². The Hall–Kier alpha value is -1.82. The smallest absolute Gasteiger partial charge is 0.406 e. The summed E-state index contributed by atoms with van der Waals surface area (Å²) in [6.45, 7) is 2.88. The lowest BCUT2D eigenvalue weighted by Gasteiger charge is -2.36. The van der Waals surface area contributed by atoms with E-state index in [9.17, 15) is 24.1 Å². The normalized spacial score (nSPS) is 38.6. The van der Waals surface area contributed by atoms with E-state index >= 15 is 0 Å². The third-order valence-corrected chi connectivity index (χ3v) is 5.82. The highest BCUT2D eigenvalue weighted by molar-refractivity contribution is 7.51. The zero-order chi connectivity index (χ0) is 24.2. The van der Waals surface area contributed by atoms with Crippen LogP contribution in [0.3, 0.4) is 0 Å². The molecule has 3 heterocycles. The lowest BCUT2D eigenvalue weighted by atomic mass is 9.96. The van der Waals surface area contributed by atoms with E-state index in [1.165, 1.54) is 6.92 Å². The predicted molar refractivity (Wildman–Crippen MR) is 98.1 cm³/mol. The van der Waals surface area contributed by atoms with Crippen molar-refractivity contribution in [3.63, 3.8) is 0 Å². The molecule has 0 amide bonds. The van der Waals surface area contributed by atoms with Gasteiger partial charge < -0.3 is 14.6 Å². The molecule has 0 bridgehead atoms. The van der Waals surface area contributed by atoms with E-state index in [2.05, 4.69) is 5.09 Å². The molecule has 1 unspecified atom stereocenters. The van der Waals surface area contributed by atoms with E-state index < -0.39 is 73.7 Å². The zero-order valence-corrected chi connectivity index (χ0v) is 17.0. The van der Waals surface area contributed by atoms with E-state index in [1.807, 2.05) is 4.98 Å². The zero-order valence-electron chi connectivity index (χ0n) is 19.1. The molecule has 2 aliphatic heterocycles. The predicted octanol–water partition coefficient (Wildman–Crippen LogP) is -0.362. The minimum absolute atomic E-state index is 0.459. The van der Waals surface area contributed by atoms with Crippen molar-refractivity contribution >= 4 is 13.7 Å². The molecule has 1 aromatic heterocycles. The molecule has 0 radical (unpaired) electrons. The van der Waals surface area contributed by atoms with Gasteiger partial charge in [-0.2, -0.15) is 0 Å². The monoisotopic (exact) mass is 436 g/mol. The molecule has 0 saturated carbocycles. The van der Waals surface area contributed by atoms with Crippen LogP contribution in [0, 0.1) is 0 Å². The molecule has 29 heavy (non-hydrogen) atoms. The van der Waals surface area contributed by atoms with E-state index in [1.54, 1.807) is 13.8 Å². The molecule has 6 atom stereocenters. The maximum atomic E-state index is 13.2. The molecule has 0 aromatic carbocycles. The van der Waals surface area contributed by atoms with Crippen molar-refractivity contribution in [1.82, 2.24) is 14.6 Å². The minimum Gasteiger partial charge on any atom is -0.462 e. The largest absolute Gasteiger partial charge is 0.462 e. The van der Waals surface area contributed by atoms with Gasteiger partial charge in [0.05, 0.1) is 16.8 Å². The van der Waals surface area contributed by atoms with E-state index in [4.69, 9.17) is 22.6 Å². The summed E-state index contributed by atoms with van der Waals surface area (Å²) in [6.07, 6.45) is -4.55. The van der Waals surface area contributed by atoms with Gasteiger partial charge in [0.15, 0.2) is 6.23 Å². The summed E-state index contributed by atoms with van der Waals surface area (Å²) in [5.74, 6) is -0.791. The van der Waals surface area contributed by atoms with Crippen molar-refractivity contribution in [1.29, 1.82) is 0 Å². The van der Waals surface area contributed by atoms with Gasteiger partial charge in [-0.05, 0) is 27.7 Å². The van der Waals surface area contributed by atoms with Crippen LogP contribution in [0.5, 0.6) is 0 Å².